The van der Waals surface area contributed by atoms with Crippen LogP contribution in [0.1, 0.15) is 27.3 Å². The number of amides is 1. The summed E-state index contributed by atoms with van der Waals surface area (Å²) in [5.74, 6) is 0.891. The van der Waals surface area contributed by atoms with Gasteiger partial charge in [-0.2, -0.15) is 4.98 Å². The minimum atomic E-state index is -0.142. The quantitative estimate of drug-likeness (QED) is 0.770. The Morgan fingerprint density at radius 1 is 1.16 bits per heavy atom. The Kier molecular flexibility index (Phi) is 4.03. The number of hydrogen-bond donors (Lipinski definition) is 2. The maximum absolute atomic E-state index is 12.5. The number of carbonyl (C=O) groups excluding carboxylic acids is 1. The Bertz CT molecular complexity index is 915. The second kappa shape index (κ2) is 6.49. The van der Waals surface area contributed by atoms with Crippen LogP contribution in [0.25, 0.3) is 11.5 Å². The van der Waals surface area contributed by atoms with Crippen LogP contribution in [0.15, 0.2) is 47.0 Å². The van der Waals surface area contributed by atoms with Crippen LogP contribution in [0.3, 0.4) is 0 Å². The Morgan fingerprint density at radius 3 is 2.76 bits per heavy atom. The first-order valence-corrected chi connectivity index (χ1v) is 8.24. The van der Waals surface area contributed by atoms with Crippen molar-refractivity contribution >= 4 is 11.6 Å². The molecule has 25 heavy (non-hydrogen) atoms. The Labute approximate surface area is 145 Å². The third-order valence-electron chi connectivity index (χ3n) is 4.27. The predicted molar refractivity (Wildman–Crippen MR) is 94.3 cm³/mol. The SMILES string of the molecule is Cc1noc(-c2ccc(C(=O)Nc3ccc4c(c3)CNCC4)cc2)n1. The second-order valence-corrected chi connectivity index (χ2v) is 6.09. The number of nitrogens with zero attached hydrogens (tertiary/aromatic N) is 2. The zero-order valence-electron chi connectivity index (χ0n) is 13.9. The zero-order chi connectivity index (χ0) is 17.2. The average Bonchev–Trinajstić information content (AvgIpc) is 3.08. The summed E-state index contributed by atoms with van der Waals surface area (Å²) in [6, 6.07) is 13.2. The van der Waals surface area contributed by atoms with Crippen molar-refractivity contribution in [3.8, 4) is 11.5 Å². The predicted octanol–water partition coefficient (Wildman–Crippen LogP) is 2.94. The van der Waals surface area contributed by atoms with Crippen molar-refractivity contribution in [2.45, 2.75) is 19.9 Å². The van der Waals surface area contributed by atoms with Gasteiger partial charge in [-0.3, -0.25) is 4.79 Å². The van der Waals surface area contributed by atoms with E-state index in [2.05, 4.69) is 26.8 Å². The third-order valence-corrected chi connectivity index (χ3v) is 4.27. The summed E-state index contributed by atoms with van der Waals surface area (Å²) >= 11 is 0. The van der Waals surface area contributed by atoms with Crippen molar-refractivity contribution in [1.82, 2.24) is 15.5 Å². The largest absolute Gasteiger partial charge is 0.334 e. The highest BCUT2D eigenvalue weighted by Crippen LogP contribution is 2.21. The molecule has 0 saturated carbocycles. The van der Waals surface area contributed by atoms with E-state index >= 15 is 0 Å². The number of hydrogen-bond acceptors (Lipinski definition) is 5. The Hall–Kier alpha value is -2.99. The smallest absolute Gasteiger partial charge is 0.257 e. The molecule has 1 aromatic heterocycles. The first-order valence-electron chi connectivity index (χ1n) is 8.24. The first-order chi connectivity index (χ1) is 12.2. The van der Waals surface area contributed by atoms with E-state index in [4.69, 9.17) is 4.52 Å². The molecule has 4 rings (SSSR count). The maximum Gasteiger partial charge on any atom is 0.257 e. The van der Waals surface area contributed by atoms with Crippen molar-refractivity contribution in [1.29, 1.82) is 0 Å². The van der Waals surface area contributed by atoms with Gasteiger partial charge in [0, 0.05) is 23.4 Å². The van der Waals surface area contributed by atoms with Gasteiger partial charge in [0.25, 0.3) is 11.8 Å². The van der Waals surface area contributed by atoms with Gasteiger partial charge in [0.05, 0.1) is 0 Å². The lowest BCUT2D eigenvalue weighted by Crippen LogP contribution is -2.23. The number of anilines is 1. The third kappa shape index (κ3) is 3.29. The molecule has 0 aliphatic carbocycles. The molecule has 0 radical (unpaired) electrons. The van der Waals surface area contributed by atoms with E-state index in [9.17, 15) is 4.79 Å². The number of benzene rings is 2. The molecule has 126 valence electrons. The van der Waals surface area contributed by atoms with Crippen molar-refractivity contribution < 1.29 is 9.32 Å². The van der Waals surface area contributed by atoms with Crippen LogP contribution in [0.4, 0.5) is 5.69 Å². The lowest BCUT2D eigenvalue weighted by Gasteiger charge is -2.18. The Balaban J connectivity index is 1.49. The molecule has 1 aliphatic heterocycles. The van der Waals surface area contributed by atoms with E-state index in [0.29, 0.717) is 17.3 Å². The summed E-state index contributed by atoms with van der Waals surface area (Å²) in [4.78, 5) is 16.6. The van der Waals surface area contributed by atoms with Crippen molar-refractivity contribution in [3.05, 3.63) is 65.0 Å². The highest BCUT2D eigenvalue weighted by molar-refractivity contribution is 6.04. The highest BCUT2D eigenvalue weighted by atomic mass is 16.5. The summed E-state index contributed by atoms with van der Waals surface area (Å²) < 4.78 is 5.13. The van der Waals surface area contributed by atoms with Crippen molar-refractivity contribution in [2.75, 3.05) is 11.9 Å². The molecule has 1 amide bonds. The van der Waals surface area contributed by atoms with Crippen LogP contribution in [0.2, 0.25) is 0 Å². The van der Waals surface area contributed by atoms with Gasteiger partial charge in [-0.15, -0.1) is 0 Å². The summed E-state index contributed by atoms with van der Waals surface area (Å²) in [6.07, 6.45) is 1.03. The van der Waals surface area contributed by atoms with E-state index in [1.54, 1.807) is 31.2 Å². The van der Waals surface area contributed by atoms with Crippen LogP contribution < -0.4 is 10.6 Å². The number of fused-ring (bicyclic) bond motifs is 1. The van der Waals surface area contributed by atoms with Crippen molar-refractivity contribution in [3.63, 3.8) is 0 Å². The number of aryl methyl sites for hydroxylation is 1. The second-order valence-electron chi connectivity index (χ2n) is 6.09. The summed E-state index contributed by atoms with van der Waals surface area (Å²) in [5, 5.41) is 10.1. The lowest BCUT2D eigenvalue weighted by molar-refractivity contribution is 0.102. The van der Waals surface area contributed by atoms with Crippen LogP contribution in [-0.4, -0.2) is 22.6 Å². The van der Waals surface area contributed by atoms with Gasteiger partial charge in [-0.25, -0.2) is 0 Å². The van der Waals surface area contributed by atoms with E-state index in [-0.39, 0.29) is 5.91 Å². The molecule has 0 atom stereocenters. The molecule has 6 nitrogen and oxygen atoms in total. The molecular formula is C19H18N4O2. The average molecular weight is 334 g/mol. The normalized spacial score (nSPS) is 13.3. The fraction of sp³-hybridized carbons (Fsp3) is 0.211. The topological polar surface area (TPSA) is 80.0 Å². The molecule has 0 bridgehead atoms. The minimum Gasteiger partial charge on any atom is -0.334 e. The lowest BCUT2D eigenvalue weighted by atomic mass is 10.0. The molecule has 1 aliphatic rings. The zero-order valence-corrected chi connectivity index (χ0v) is 13.9. The number of carbonyl (C=O) groups is 1. The highest BCUT2D eigenvalue weighted by Gasteiger charge is 2.12. The van der Waals surface area contributed by atoms with E-state index < -0.39 is 0 Å². The molecule has 0 saturated heterocycles. The molecule has 2 N–H and O–H groups in total. The molecule has 0 fully saturated rings. The number of aromatic nitrogens is 2. The van der Waals surface area contributed by atoms with Crippen LogP contribution in [0, 0.1) is 6.92 Å². The van der Waals surface area contributed by atoms with Gasteiger partial charge in [0.2, 0.25) is 0 Å². The first kappa shape index (κ1) is 15.5. The molecule has 2 heterocycles. The van der Waals surface area contributed by atoms with Crippen LogP contribution >= 0.6 is 0 Å². The van der Waals surface area contributed by atoms with E-state index in [0.717, 1.165) is 30.8 Å². The molecule has 2 aromatic carbocycles. The van der Waals surface area contributed by atoms with Gasteiger partial charge in [0.15, 0.2) is 5.82 Å². The molecule has 3 aromatic rings. The number of nitrogens with one attached hydrogen (secondary N) is 2. The van der Waals surface area contributed by atoms with Gasteiger partial charge in [0.1, 0.15) is 0 Å². The summed E-state index contributed by atoms with van der Waals surface area (Å²) in [5.41, 5.74) is 4.76. The van der Waals surface area contributed by atoms with Crippen molar-refractivity contribution in [2.24, 2.45) is 0 Å². The number of rotatable bonds is 3. The summed E-state index contributed by atoms with van der Waals surface area (Å²) in [6.45, 7) is 3.62. The molecule has 0 spiro atoms. The van der Waals surface area contributed by atoms with Gasteiger partial charge >= 0.3 is 0 Å². The van der Waals surface area contributed by atoms with Gasteiger partial charge in [-0.05, 0) is 67.4 Å². The fourth-order valence-corrected chi connectivity index (χ4v) is 2.94. The van der Waals surface area contributed by atoms with E-state index in [1.165, 1.54) is 11.1 Å². The van der Waals surface area contributed by atoms with Crippen LogP contribution in [-0.2, 0) is 13.0 Å². The van der Waals surface area contributed by atoms with Gasteiger partial charge < -0.3 is 15.2 Å². The fourth-order valence-electron chi connectivity index (χ4n) is 2.94. The van der Waals surface area contributed by atoms with E-state index in [1.807, 2.05) is 12.1 Å². The van der Waals surface area contributed by atoms with Gasteiger partial charge in [-0.1, -0.05) is 11.2 Å². The Morgan fingerprint density at radius 2 is 2.00 bits per heavy atom. The van der Waals surface area contributed by atoms with Crippen LogP contribution in [0.5, 0.6) is 0 Å². The standard InChI is InChI=1S/C19H18N4O2/c1-12-21-19(25-23-12)15-4-2-14(3-5-15)18(24)22-17-7-6-13-8-9-20-11-16(13)10-17/h2-7,10,20H,8-9,11H2,1H3,(H,22,24). The molecule has 0 unspecified atom stereocenters. The molecular weight excluding hydrogens is 316 g/mol. The minimum absolute atomic E-state index is 0.142. The molecule has 6 heteroatoms. The summed E-state index contributed by atoms with van der Waals surface area (Å²) in [7, 11) is 0. The maximum atomic E-state index is 12.5. The monoisotopic (exact) mass is 334 g/mol.